The number of hydrogen-bond donors (Lipinski definition) is 3. The van der Waals surface area contributed by atoms with Crippen LogP contribution in [0, 0.1) is 23.7 Å². The fourth-order valence-electron chi connectivity index (χ4n) is 13.6. The number of hydrogen-bond acceptors (Lipinski definition) is 15. The van der Waals surface area contributed by atoms with Crippen LogP contribution < -0.4 is 0 Å². The third-order valence-electron chi connectivity index (χ3n) is 20.9. The van der Waals surface area contributed by atoms with Gasteiger partial charge in [-0.3, -0.25) is 37.3 Å². The molecule has 0 aromatic heterocycles. The summed E-state index contributed by atoms with van der Waals surface area (Å²) in [7, 11) is -9.93. The molecule has 0 aliphatic carbocycles. The number of carbonyl (C=O) groups is 4. The number of esters is 4. The molecule has 0 aromatic carbocycles. The molecule has 107 heavy (non-hydrogen) atoms. The van der Waals surface area contributed by atoms with Crippen LogP contribution in [-0.4, -0.2) is 96.7 Å². The van der Waals surface area contributed by atoms with Crippen molar-refractivity contribution >= 4 is 39.5 Å². The summed E-state index contributed by atoms with van der Waals surface area (Å²) in [5.74, 6) is 1.05. The highest BCUT2D eigenvalue weighted by Gasteiger charge is 2.31. The number of unbranched alkanes of at least 4 members (excludes halogenated alkanes) is 50. The summed E-state index contributed by atoms with van der Waals surface area (Å²) in [5.41, 5.74) is 0. The Morgan fingerprint density at radius 2 is 0.449 bits per heavy atom. The molecule has 0 spiro atoms. The molecule has 0 rings (SSSR count). The maximum Gasteiger partial charge on any atom is 0.472 e. The summed E-state index contributed by atoms with van der Waals surface area (Å²) in [6, 6.07) is 0. The van der Waals surface area contributed by atoms with E-state index in [1.165, 1.54) is 257 Å². The van der Waals surface area contributed by atoms with Gasteiger partial charge < -0.3 is 33.8 Å². The molecule has 19 heteroatoms. The molecule has 0 aliphatic rings. The average Bonchev–Trinajstić information content (AvgIpc) is 0.900. The van der Waals surface area contributed by atoms with Crippen molar-refractivity contribution in [3.05, 3.63) is 0 Å². The lowest BCUT2D eigenvalue weighted by molar-refractivity contribution is -0.161. The molecule has 0 aromatic rings. The topological polar surface area (TPSA) is 237 Å². The summed E-state index contributed by atoms with van der Waals surface area (Å²) < 4.78 is 68.9. The van der Waals surface area contributed by atoms with Gasteiger partial charge in [-0.25, -0.2) is 9.13 Å². The summed E-state index contributed by atoms with van der Waals surface area (Å²) in [6.45, 7) is 14.3. The second-order valence-corrected chi connectivity index (χ2v) is 36.2. The number of aliphatic hydroxyl groups excluding tert-OH is 1. The second kappa shape index (κ2) is 76.7. The van der Waals surface area contributed by atoms with Crippen LogP contribution in [0.15, 0.2) is 0 Å². The third kappa shape index (κ3) is 80.5. The Labute approximate surface area is 658 Å². The molecule has 0 heterocycles. The van der Waals surface area contributed by atoms with Crippen LogP contribution in [0.2, 0.25) is 0 Å². The molecule has 0 fully saturated rings. The predicted octanol–water partition coefficient (Wildman–Crippen LogP) is 26.7. The van der Waals surface area contributed by atoms with E-state index in [1.54, 1.807) is 0 Å². The SMILES string of the molecule is CCC(C)CCCCCCCCCCCCCCCCCCCCC(=O)OC[C@H](COP(=O)(O)OCC(O)COP(=O)(O)OC[C@@H](COC(=O)CCCCCCCCC(C)C)OC(=O)CCCCCCCCCCCCCCCCCC(C)C)OC(=O)CCCCCCCCCCCCCCCCCC(C)C. The summed E-state index contributed by atoms with van der Waals surface area (Å²) in [6.07, 6.45) is 66.9. The normalized spacial score (nSPS) is 14.1. The molecule has 6 atom stereocenters. The molecule has 0 saturated carbocycles. The standard InChI is InChI=1S/C88H172O17P2/c1-9-81(8)67-59-51-42-36-30-24-18-12-10-11-13-19-25-31-37-43-52-60-68-85(90)98-74-83(104-87(92)70-62-54-44-38-32-26-20-14-16-22-28-34-40-48-56-64-78(2)3)76-102-106(94,95)100-72-82(89)73-101-107(96,97)103-77-84(75-99-86(91)69-61-53-47-46-50-58-66-80(6)7)105-88(93)71-63-55-45-39-33-27-21-15-17-23-29-35-41-49-57-65-79(4)5/h78-84,89H,9-77H2,1-8H3,(H,94,95)(H,96,97)/t81?,82?,83-,84-/m1/s1. The molecule has 0 bridgehead atoms. The molecular formula is C88H172O17P2. The van der Waals surface area contributed by atoms with Crippen LogP contribution in [0.4, 0.5) is 0 Å². The maximum absolute atomic E-state index is 13.2. The van der Waals surface area contributed by atoms with Gasteiger partial charge in [0.2, 0.25) is 0 Å². The lowest BCUT2D eigenvalue weighted by atomic mass is 9.99. The Morgan fingerprint density at radius 3 is 0.664 bits per heavy atom. The number of phosphoric ester groups is 2. The van der Waals surface area contributed by atoms with Gasteiger partial charge in [0.05, 0.1) is 26.4 Å². The fourth-order valence-corrected chi connectivity index (χ4v) is 15.2. The van der Waals surface area contributed by atoms with Crippen LogP contribution in [0.1, 0.15) is 460 Å². The number of rotatable bonds is 85. The van der Waals surface area contributed by atoms with Gasteiger partial charge in [-0.15, -0.1) is 0 Å². The van der Waals surface area contributed by atoms with Crippen molar-refractivity contribution in [2.45, 2.75) is 478 Å². The minimum Gasteiger partial charge on any atom is -0.462 e. The number of phosphoric acid groups is 2. The van der Waals surface area contributed by atoms with E-state index < -0.39 is 97.5 Å². The number of carbonyl (C=O) groups excluding carboxylic acids is 4. The molecular weight excluding hydrogens is 1390 g/mol. The fraction of sp³-hybridized carbons (Fsp3) is 0.955. The van der Waals surface area contributed by atoms with E-state index in [2.05, 4.69) is 55.4 Å². The van der Waals surface area contributed by atoms with Gasteiger partial charge in [-0.05, 0) is 49.4 Å². The number of aliphatic hydroxyl groups is 1. The Balaban J connectivity index is 5.20. The Bertz CT molecular complexity index is 2080. The first-order chi connectivity index (χ1) is 51.6. The van der Waals surface area contributed by atoms with E-state index >= 15 is 0 Å². The lowest BCUT2D eigenvalue weighted by Gasteiger charge is -2.21. The van der Waals surface area contributed by atoms with E-state index in [4.69, 9.17) is 37.0 Å². The van der Waals surface area contributed by atoms with Crippen molar-refractivity contribution < 1.29 is 80.2 Å². The highest BCUT2D eigenvalue weighted by molar-refractivity contribution is 7.47. The van der Waals surface area contributed by atoms with Gasteiger partial charge >= 0.3 is 39.5 Å². The molecule has 0 amide bonds. The van der Waals surface area contributed by atoms with Crippen molar-refractivity contribution in [2.24, 2.45) is 23.7 Å². The van der Waals surface area contributed by atoms with E-state index in [0.29, 0.717) is 31.6 Å². The van der Waals surface area contributed by atoms with Gasteiger partial charge in [-0.2, -0.15) is 0 Å². The van der Waals surface area contributed by atoms with Crippen molar-refractivity contribution in [2.75, 3.05) is 39.6 Å². The minimum atomic E-state index is -4.97. The average molecular weight is 1560 g/mol. The quantitative estimate of drug-likeness (QED) is 0.0222. The monoisotopic (exact) mass is 1560 g/mol. The molecule has 3 N–H and O–H groups in total. The summed E-state index contributed by atoms with van der Waals surface area (Å²) in [4.78, 5) is 73.2. The van der Waals surface area contributed by atoms with E-state index in [1.807, 2.05) is 0 Å². The molecule has 0 saturated heterocycles. The van der Waals surface area contributed by atoms with Crippen molar-refractivity contribution in [1.82, 2.24) is 0 Å². The van der Waals surface area contributed by atoms with Crippen LogP contribution in [0.5, 0.6) is 0 Å². The highest BCUT2D eigenvalue weighted by Crippen LogP contribution is 2.45. The Morgan fingerprint density at radius 1 is 0.262 bits per heavy atom. The molecule has 0 aliphatic heterocycles. The minimum absolute atomic E-state index is 0.107. The summed E-state index contributed by atoms with van der Waals surface area (Å²) in [5, 5.41) is 10.7. The lowest BCUT2D eigenvalue weighted by Crippen LogP contribution is -2.30. The molecule has 4 unspecified atom stereocenters. The van der Waals surface area contributed by atoms with E-state index in [0.717, 1.165) is 114 Å². The number of ether oxygens (including phenoxy) is 4. The van der Waals surface area contributed by atoms with Crippen LogP contribution in [0.3, 0.4) is 0 Å². The smallest absolute Gasteiger partial charge is 0.462 e. The zero-order valence-electron chi connectivity index (χ0n) is 70.8. The maximum atomic E-state index is 13.2. The summed E-state index contributed by atoms with van der Waals surface area (Å²) >= 11 is 0. The zero-order chi connectivity index (χ0) is 78.8. The van der Waals surface area contributed by atoms with Crippen LogP contribution >= 0.6 is 15.6 Å². The van der Waals surface area contributed by atoms with Gasteiger partial charge in [0.1, 0.15) is 19.3 Å². The van der Waals surface area contributed by atoms with Gasteiger partial charge in [0.25, 0.3) is 0 Å². The van der Waals surface area contributed by atoms with Gasteiger partial charge in [0.15, 0.2) is 12.2 Å². The first-order valence-corrected chi connectivity index (χ1v) is 48.2. The van der Waals surface area contributed by atoms with E-state index in [9.17, 15) is 43.2 Å². The van der Waals surface area contributed by atoms with Crippen molar-refractivity contribution in [1.29, 1.82) is 0 Å². The van der Waals surface area contributed by atoms with Crippen LogP contribution in [0.25, 0.3) is 0 Å². The first-order valence-electron chi connectivity index (χ1n) is 45.2. The predicted molar refractivity (Wildman–Crippen MR) is 441 cm³/mol. The molecule has 17 nitrogen and oxygen atoms in total. The van der Waals surface area contributed by atoms with Gasteiger partial charge in [-0.1, -0.05) is 409 Å². The Hall–Kier alpha value is -1.94. The van der Waals surface area contributed by atoms with Gasteiger partial charge in [0, 0.05) is 25.7 Å². The second-order valence-electron chi connectivity index (χ2n) is 33.3. The van der Waals surface area contributed by atoms with Crippen LogP contribution in [-0.2, 0) is 65.4 Å². The highest BCUT2D eigenvalue weighted by atomic mass is 31.2. The first kappa shape index (κ1) is 105. The molecule has 636 valence electrons. The third-order valence-corrected chi connectivity index (χ3v) is 22.8. The van der Waals surface area contributed by atoms with Crippen molar-refractivity contribution in [3.8, 4) is 0 Å². The van der Waals surface area contributed by atoms with E-state index in [-0.39, 0.29) is 25.7 Å². The largest absolute Gasteiger partial charge is 0.472 e. The Kier molecular flexibility index (Phi) is 75.3. The van der Waals surface area contributed by atoms with Crippen molar-refractivity contribution in [3.63, 3.8) is 0 Å². The zero-order valence-corrected chi connectivity index (χ0v) is 72.6. The molecule has 0 radical (unpaired) electrons.